The average Bonchev–Trinajstić information content (AvgIpc) is 2.99. The van der Waals surface area contributed by atoms with E-state index in [1.807, 2.05) is 49.7 Å². The SMILES string of the molecule is CC=Cn1cc(-c2ccc(Cl)cc2)c(-c2ccc(S(N)(=O)=O)cc2)n1. The van der Waals surface area contributed by atoms with Crippen molar-refractivity contribution < 1.29 is 8.42 Å². The van der Waals surface area contributed by atoms with Crippen LogP contribution in [0.4, 0.5) is 0 Å². The van der Waals surface area contributed by atoms with E-state index in [0.29, 0.717) is 5.02 Å². The Kier molecular flexibility index (Phi) is 4.76. The molecule has 1 aromatic heterocycles. The Morgan fingerprint density at radius 3 is 2.20 bits per heavy atom. The van der Waals surface area contributed by atoms with E-state index in [0.717, 1.165) is 22.4 Å². The van der Waals surface area contributed by atoms with Gasteiger partial charge in [0.1, 0.15) is 5.69 Å². The summed E-state index contributed by atoms with van der Waals surface area (Å²) in [6.45, 7) is 1.91. The topological polar surface area (TPSA) is 78.0 Å². The van der Waals surface area contributed by atoms with Gasteiger partial charge in [-0.05, 0) is 36.8 Å². The largest absolute Gasteiger partial charge is 0.247 e. The monoisotopic (exact) mass is 373 g/mol. The fourth-order valence-corrected chi connectivity index (χ4v) is 3.12. The Morgan fingerprint density at radius 2 is 1.64 bits per heavy atom. The molecule has 7 heteroatoms. The number of sulfonamides is 1. The number of benzene rings is 2. The van der Waals surface area contributed by atoms with Crippen LogP contribution in [0.25, 0.3) is 28.6 Å². The van der Waals surface area contributed by atoms with Gasteiger partial charge in [0.25, 0.3) is 0 Å². The smallest absolute Gasteiger partial charge is 0.238 e. The summed E-state index contributed by atoms with van der Waals surface area (Å²) in [5.74, 6) is 0. The van der Waals surface area contributed by atoms with Gasteiger partial charge in [0, 0.05) is 28.5 Å². The van der Waals surface area contributed by atoms with E-state index in [4.69, 9.17) is 16.7 Å². The van der Waals surface area contributed by atoms with Gasteiger partial charge in [0.05, 0.1) is 4.90 Å². The Balaban J connectivity index is 2.13. The van der Waals surface area contributed by atoms with Crippen LogP contribution in [0.3, 0.4) is 0 Å². The second-order valence-corrected chi connectivity index (χ2v) is 7.43. The molecule has 0 radical (unpaired) electrons. The molecule has 0 fully saturated rings. The number of hydrogen-bond donors (Lipinski definition) is 1. The third-order valence-corrected chi connectivity index (χ3v) is 4.83. The lowest BCUT2D eigenvalue weighted by Gasteiger charge is -2.04. The van der Waals surface area contributed by atoms with Crippen LogP contribution in [-0.2, 0) is 10.0 Å². The molecule has 0 saturated heterocycles. The number of hydrogen-bond acceptors (Lipinski definition) is 3. The van der Waals surface area contributed by atoms with Crippen LogP contribution in [0, 0.1) is 0 Å². The number of nitrogens with zero attached hydrogens (tertiary/aromatic N) is 2. The quantitative estimate of drug-likeness (QED) is 0.750. The van der Waals surface area contributed by atoms with Gasteiger partial charge in [0.2, 0.25) is 10.0 Å². The first kappa shape index (κ1) is 17.4. The normalized spacial score (nSPS) is 12.0. The summed E-state index contributed by atoms with van der Waals surface area (Å²) in [5.41, 5.74) is 3.41. The van der Waals surface area contributed by atoms with Crippen LogP contribution in [0.1, 0.15) is 6.92 Å². The second kappa shape index (κ2) is 6.84. The van der Waals surface area contributed by atoms with Crippen molar-refractivity contribution in [1.29, 1.82) is 0 Å². The highest BCUT2D eigenvalue weighted by Crippen LogP contribution is 2.32. The number of primary sulfonamides is 1. The van der Waals surface area contributed by atoms with Gasteiger partial charge < -0.3 is 0 Å². The lowest BCUT2D eigenvalue weighted by Crippen LogP contribution is -2.11. The number of aromatic nitrogens is 2. The molecular formula is C18H16ClN3O2S. The Morgan fingerprint density at radius 1 is 1.04 bits per heavy atom. The molecule has 1 heterocycles. The molecule has 3 rings (SSSR count). The maximum atomic E-state index is 11.4. The van der Waals surface area contributed by atoms with Crippen molar-refractivity contribution in [2.24, 2.45) is 5.14 Å². The zero-order valence-corrected chi connectivity index (χ0v) is 15.0. The van der Waals surface area contributed by atoms with Gasteiger partial charge in [-0.25, -0.2) is 18.2 Å². The van der Waals surface area contributed by atoms with E-state index in [9.17, 15) is 8.42 Å². The van der Waals surface area contributed by atoms with E-state index in [1.165, 1.54) is 12.1 Å². The zero-order chi connectivity index (χ0) is 18.0. The number of rotatable bonds is 4. The van der Waals surface area contributed by atoms with Crippen LogP contribution >= 0.6 is 11.6 Å². The first-order chi connectivity index (χ1) is 11.9. The highest BCUT2D eigenvalue weighted by atomic mass is 35.5. The Hall–Kier alpha value is -2.41. The standard InChI is InChI=1S/C18H16ClN3O2S/c1-2-11-22-12-17(13-3-7-15(19)8-4-13)18(21-22)14-5-9-16(10-6-14)25(20,23)24/h2-12H,1H3,(H2,20,23,24). The highest BCUT2D eigenvalue weighted by Gasteiger charge is 2.14. The molecule has 0 spiro atoms. The van der Waals surface area contributed by atoms with Crippen molar-refractivity contribution in [3.8, 4) is 22.4 Å². The predicted molar refractivity (Wildman–Crippen MR) is 100 cm³/mol. The molecule has 0 aliphatic carbocycles. The first-order valence-electron chi connectivity index (χ1n) is 7.49. The summed E-state index contributed by atoms with van der Waals surface area (Å²) in [7, 11) is -3.72. The number of nitrogens with two attached hydrogens (primary N) is 1. The van der Waals surface area contributed by atoms with E-state index < -0.39 is 10.0 Å². The molecule has 0 aliphatic heterocycles. The Labute approximate surface area is 151 Å². The van der Waals surface area contributed by atoms with Crippen molar-refractivity contribution >= 4 is 27.8 Å². The molecular weight excluding hydrogens is 358 g/mol. The van der Waals surface area contributed by atoms with E-state index in [2.05, 4.69) is 5.10 Å². The van der Waals surface area contributed by atoms with Crippen LogP contribution in [0.2, 0.25) is 5.02 Å². The van der Waals surface area contributed by atoms with E-state index in [-0.39, 0.29) is 4.90 Å². The minimum absolute atomic E-state index is 0.0668. The zero-order valence-electron chi connectivity index (χ0n) is 13.4. The molecule has 0 unspecified atom stereocenters. The van der Waals surface area contributed by atoms with Crippen LogP contribution < -0.4 is 5.14 Å². The molecule has 2 N–H and O–H groups in total. The minimum Gasteiger partial charge on any atom is -0.247 e. The van der Waals surface area contributed by atoms with Gasteiger partial charge in [-0.3, -0.25) is 0 Å². The summed E-state index contributed by atoms with van der Waals surface area (Å²) in [5, 5.41) is 10.4. The van der Waals surface area contributed by atoms with Crippen molar-refractivity contribution in [3.63, 3.8) is 0 Å². The number of allylic oxidation sites excluding steroid dienone is 1. The average molecular weight is 374 g/mol. The molecule has 0 aliphatic rings. The molecule has 3 aromatic rings. The second-order valence-electron chi connectivity index (χ2n) is 5.43. The molecule has 0 saturated carbocycles. The third kappa shape index (κ3) is 3.82. The molecule has 0 bridgehead atoms. The summed E-state index contributed by atoms with van der Waals surface area (Å²) >= 11 is 5.97. The molecule has 128 valence electrons. The van der Waals surface area contributed by atoms with Gasteiger partial charge in [-0.1, -0.05) is 41.9 Å². The summed E-state index contributed by atoms with van der Waals surface area (Å²) in [6, 6.07) is 13.8. The molecule has 0 amide bonds. The summed E-state index contributed by atoms with van der Waals surface area (Å²) in [6.07, 6.45) is 5.63. The van der Waals surface area contributed by atoms with Gasteiger partial charge in [-0.2, -0.15) is 5.10 Å². The van der Waals surface area contributed by atoms with Crippen molar-refractivity contribution in [2.75, 3.05) is 0 Å². The predicted octanol–water partition coefficient (Wildman–Crippen LogP) is 4.01. The van der Waals surface area contributed by atoms with Gasteiger partial charge in [-0.15, -0.1) is 0 Å². The van der Waals surface area contributed by atoms with Gasteiger partial charge >= 0.3 is 0 Å². The number of halogens is 1. The molecule has 25 heavy (non-hydrogen) atoms. The highest BCUT2D eigenvalue weighted by molar-refractivity contribution is 7.89. The third-order valence-electron chi connectivity index (χ3n) is 3.65. The summed E-state index contributed by atoms with van der Waals surface area (Å²) < 4.78 is 24.6. The first-order valence-corrected chi connectivity index (χ1v) is 9.42. The van der Waals surface area contributed by atoms with Crippen molar-refractivity contribution in [3.05, 3.63) is 65.8 Å². The maximum absolute atomic E-state index is 11.4. The van der Waals surface area contributed by atoms with Crippen LogP contribution in [0.15, 0.2) is 65.7 Å². The lowest BCUT2D eigenvalue weighted by molar-refractivity contribution is 0.598. The van der Waals surface area contributed by atoms with Gasteiger partial charge in [0.15, 0.2) is 0 Å². The Bertz CT molecular complexity index is 1020. The lowest BCUT2D eigenvalue weighted by atomic mass is 10.0. The van der Waals surface area contributed by atoms with Crippen LogP contribution in [0.5, 0.6) is 0 Å². The maximum Gasteiger partial charge on any atom is 0.238 e. The fraction of sp³-hybridized carbons (Fsp3) is 0.0556. The van der Waals surface area contributed by atoms with Crippen molar-refractivity contribution in [2.45, 2.75) is 11.8 Å². The molecule has 5 nitrogen and oxygen atoms in total. The van der Waals surface area contributed by atoms with E-state index in [1.54, 1.807) is 16.8 Å². The van der Waals surface area contributed by atoms with E-state index >= 15 is 0 Å². The molecule has 2 aromatic carbocycles. The molecule has 0 atom stereocenters. The fourth-order valence-electron chi connectivity index (χ4n) is 2.48. The van der Waals surface area contributed by atoms with Crippen LogP contribution in [-0.4, -0.2) is 18.2 Å². The van der Waals surface area contributed by atoms with Crippen molar-refractivity contribution in [1.82, 2.24) is 9.78 Å². The summed E-state index contributed by atoms with van der Waals surface area (Å²) in [4.78, 5) is 0.0668. The minimum atomic E-state index is -3.72.